The predicted molar refractivity (Wildman–Crippen MR) is 83.9 cm³/mol. The summed E-state index contributed by atoms with van der Waals surface area (Å²) in [5.41, 5.74) is 1.27. The van der Waals surface area contributed by atoms with Crippen LogP contribution in [0.25, 0.3) is 6.08 Å². The van der Waals surface area contributed by atoms with E-state index >= 15 is 0 Å². The van der Waals surface area contributed by atoms with E-state index in [1.807, 2.05) is 0 Å². The zero-order valence-electron chi connectivity index (χ0n) is 12.4. The Hall–Kier alpha value is -1.11. The fraction of sp³-hybridized carbons (Fsp3) is 0.0625. The first-order valence-electron chi connectivity index (χ1n) is 6.32. The normalized spacial score (nSPS) is 11.2. The molecule has 0 aliphatic rings. The van der Waals surface area contributed by atoms with Crippen LogP contribution in [0.4, 0.5) is 0 Å². The molecule has 2 aromatic rings. The van der Waals surface area contributed by atoms with E-state index in [0.29, 0.717) is 16.1 Å². The molecular weight excluding hydrogens is 347 g/mol. The average molecular weight is 359 g/mol. The van der Waals surface area contributed by atoms with Gasteiger partial charge in [0.2, 0.25) is 0 Å². The molecule has 0 aliphatic heterocycles. The second-order valence-electron chi connectivity index (χ2n) is 4.65. The molecule has 0 aromatic heterocycles. The molecule has 0 bridgehead atoms. The first-order chi connectivity index (χ1) is 10.4. The molecule has 0 fully saturated rings. The molecule has 2 aromatic carbocycles. The number of carboxylic acids is 1. The van der Waals surface area contributed by atoms with Gasteiger partial charge in [0.25, 0.3) is 0 Å². The van der Waals surface area contributed by atoms with Gasteiger partial charge in [-0.3, -0.25) is 0 Å². The fourth-order valence-corrected chi connectivity index (χ4v) is 3.02. The maximum absolute atomic E-state index is 12.0. The van der Waals surface area contributed by atoms with E-state index in [2.05, 4.69) is 0 Å². The number of carbonyl (C=O) groups is 1. The van der Waals surface area contributed by atoms with Crippen molar-refractivity contribution in [3.05, 3.63) is 75.7 Å². The standard InChI is InChI=1S/C16H13ClO4S.Na/c17-15-7-3-13(4-8-15)11-22(20,21)10-9-12-1-5-14(6-2-12)16(18)19;/h1-10H,11H2,(H,18,19);/q;+1/p-1. The third-order valence-electron chi connectivity index (χ3n) is 2.90. The number of halogens is 1. The Morgan fingerprint density at radius 1 is 1.04 bits per heavy atom. The van der Waals surface area contributed by atoms with Crippen LogP contribution in [0.5, 0.6) is 0 Å². The largest absolute Gasteiger partial charge is 1.00 e. The number of carbonyl (C=O) groups excluding carboxylic acids is 1. The summed E-state index contributed by atoms with van der Waals surface area (Å²) in [7, 11) is -3.42. The Bertz CT molecular complexity index is 797. The Kier molecular flexibility index (Phi) is 7.51. The van der Waals surface area contributed by atoms with Crippen LogP contribution in [-0.4, -0.2) is 14.4 Å². The first kappa shape index (κ1) is 19.9. The number of sulfone groups is 1. The van der Waals surface area contributed by atoms with Gasteiger partial charge in [0, 0.05) is 10.4 Å². The number of carboxylic acid groups (broad SMARTS) is 1. The summed E-state index contributed by atoms with van der Waals surface area (Å²) < 4.78 is 24.0. The summed E-state index contributed by atoms with van der Waals surface area (Å²) in [6, 6.07) is 12.3. The summed E-state index contributed by atoms with van der Waals surface area (Å²) in [5, 5.41) is 12.3. The monoisotopic (exact) mass is 358 g/mol. The molecule has 7 heteroatoms. The van der Waals surface area contributed by atoms with Crippen LogP contribution in [0.1, 0.15) is 21.5 Å². The van der Waals surface area contributed by atoms with Crippen LogP contribution >= 0.6 is 11.6 Å². The average Bonchev–Trinajstić information content (AvgIpc) is 2.48. The molecule has 0 saturated carbocycles. The molecule has 4 nitrogen and oxygen atoms in total. The van der Waals surface area contributed by atoms with E-state index in [-0.39, 0.29) is 40.9 Å². The van der Waals surface area contributed by atoms with Gasteiger partial charge in [-0.05, 0) is 34.9 Å². The first-order valence-corrected chi connectivity index (χ1v) is 8.42. The smallest absolute Gasteiger partial charge is 0.545 e. The van der Waals surface area contributed by atoms with Crippen LogP contribution in [0.3, 0.4) is 0 Å². The second kappa shape index (κ2) is 8.66. The van der Waals surface area contributed by atoms with Gasteiger partial charge in [-0.25, -0.2) is 8.42 Å². The van der Waals surface area contributed by atoms with Gasteiger partial charge in [-0.2, -0.15) is 0 Å². The summed E-state index contributed by atoms with van der Waals surface area (Å²) in [4.78, 5) is 10.6. The second-order valence-corrected chi connectivity index (χ2v) is 6.97. The molecule has 0 radical (unpaired) electrons. The van der Waals surface area contributed by atoms with Crippen molar-refractivity contribution in [3.63, 3.8) is 0 Å². The quantitative estimate of drug-likeness (QED) is 0.662. The van der Waals surface area contributed by atoms with Gasteiger partial charge < -0.3 is 9.90 Å². The SMILES string of the molecule is O=C([O-])c1ccc(C=CS(=O)(=O)Cc2ccc(Cl)cc2)cc1.[Na+]. The number of aromatic carboxylic acids is 1. The number of benzene rings is 2. The van der Waals surface area contributed by atoms with Crippen LogP contribution in [-0.2, 0) is 15.6 Å². The third-order valence-corrected chi connectivity index (χ3v) is 4.43. The minimum Gasteiger partial charge on any atom is -0.545 e. The Balaban J connectivity index is 0.00000264. The van der Waals surface area contributed by atoms with Gasteiger partial charge in [0.1, 0.15) is 0 Å². The predicted octanol–water partition coefficient (Wildman–Crippen LogP) is -0.707. The number of hydrogen-bond acceptors (Lipinski definition) is 4. The summed E-state index contributed by atoms with van der Waals surface area (Å²) in [5.74, 6) is -1.40. The van der Waals surface area contributed by atoms with E-state index < -0.39 is 15.8 Å². The molecule has 114 valence electrons. The van der Waals surface area contributed by atoms with Crippen molar-refractivity contribution in [2.24, 2.45) is 0 Å². The minimum absolute atomic E-state index is 0. The van der Waals surface area contributed by atoms with Crippen molar-refractivity contribution in [3.8, 4) is 0 Å². The van der Waals surface area contributed by atoms with Gasteiger partial charge in [0.15, 0.2) is 9.84 Å². The molecule has 0 amide bonds. The molecular formula is C16H12ClNaO4S. The van der Waals surface area contributed by atoms with E-state index in [1.165, 1.54) is 30.3 Å². The maximum Gasteiger partial charge on any atom is 1.00 e. The zero-order chi connectivity index (χ0) is 16.2. The number of hydrogen-bond donors (Lipinski definition) is 0. The van der Waals surface area contributed by atoms with Crippen molar-refractivity contribution in [2.45, 2.75) is 5.75 Å². The minimum atomic E-state index is -3.42. The van der Waals surface area contributed by atoms with Crippen molar-refractivity contribution in [1.29, 1.82) is 0 Å². The molecule has 23 heavy (non-hydrogen) atoms. The van der Waals surface area contributed by atoms with Gasteiger partial charge in [0.05, 0.1) is 11.7 Å². The van der Waals surface area contributed by atoms with Gasteiger partial charge in [-0.15, -0.1) is 0 Å². The van der Waals surface area contributed by atoms with Crippen LogP contribution in [0.15, 0.2) is 53.9 Å². The molecule has 0 N–H and O–H groups in total. The van der Waals surface area contributed by atoms with Crippen molar-refractivity contribution in [1.82, 2.24) is 0 Å². The van der Waals surface area contributed by atoms with Crippen LogP contribution in [0, 0.1) is 0 Å². The van der Waals surface area contributed by atoms with Crippen molar-refractivity contribution < 1.29 is 47.9 Å². The summed E-state index contributed by atoms with van der Waals surface area (Å²) in [6.45, 7) is 0. The molecule has 2 rings (SSSR count). The fourth-order valence-electron chi connectivity index (χ4n) is 1.77. The van der Waals surface area contributed by atoms with E-state index in [9.17, 15) is 18.3 Å². The van der Waals surface area contributed by atoms with E-state index in [4.69, 9.17) is 11.6 Å². The maximum atomic E-state index is 12.0. The van der Waals surface area contributed by atoms with Gasteiger partial charge in [-0.1, -0.05) is 48.0 Å². The Morgan fingerprint density at radius 3 is 2.13 bits per heavy atom. The molecule has 0 heterocycles. The topological polar surface area (TPSA) is 74.3 Å². The van der Waals surface area contributed by atoms with Crippen molar-refractivity contribution in [2.75, 3.05) is 0 Å². The van der Waals surface area contributed by atoms with E-state index in [1.54, 1.807) is 24.3 Å². The summed E-state index contributed by atoms with van der Waals surface area (Å²) >= 11 is 5.75. The van der Waals surface area contributed by atoms with E-state index in [0.717, 1.165) is 5.41 Å². The zero-order valence-corrected chi connectivity index (χ0v) is 16.0. The Morgan fingerprint density at radius 2 is 1.61 bits per heavy atom. The molecule has 0 unspecified atom stereocenters. The van der Waals surface area contributed by atoms with Gasteiger partial charge >= 0.3 is 29.6 Å². The van der Waals surface area contributed by atoms with Crippen LogP contribution < -0.4 is 34.7 Å². The molecule has 0 atom stereocenters. The molecule has 0 aliphatic carbocycles. The molecule has 0 spiro atoms. The third kappa shape index (κ3) is 6.49. The molecule has 0 saturated heterocycles. The van der Waals surface area contributed by atoms with Crippen molar-refractivity contribution >= 4 is 33.5 Å². The van der Waals surface area contributed by atoms with Crippen LogP contribution in [0.2, 0.25) is 5.02 Å². The number of rotatable bonds is 5. The Labute approximate surface area is 162 Å². The summed E-state index contributed by atoms with van der Waals surface area (Å²) in [6.07, 6.45) is 1.42.